The van der Waals surface area contributed by atoms with E-state index in [0.29, 0.717) is 6.61 Å². The number of halogens is 2. The van der Waals surface area contributed by atoms with E-state index in [2.05, 4.69) is 0 Å². The van der Waals surface area contributed by atoms with Crippen molar-refractivity contribution in [2.24, 2.45) is 11.5 Å². The third kappa shape index (κ3) is 2.77. The highest BCUT2D eigenvalue weighted by atomic mass is 19.1. The van der Waals surface area contributed by atoms with Crippen molar-refractivity contribution < 1.29 is 23.4 Å². The summed E-state index contributed by atoms with van der Waals surface area (Å²) in [6.07, 6.45) is 1.65. The molecule has 0 amide bonds. The van der Waals surface area contributed by atoms with E-state index >= 15 is 0 Å². The first-order valence-corrected chi connectivity index (χ1v) is 7.77. The van der Waals surface area contributed by atoms with Crippen LogP contribution in [0.15, 0.2) is 18.2 Å². The van der Waals surface area contributed by atoms with Gasteiger partial charge in [-0.2, -0.15) is 0 Å². The fourth-order valence-corrected chi connectivity index (χ4v) is 3.52. The third-order valence-electron chi connectivity index (χ3n) is 5.05. The molecule has 2 aliphatic rings. The quantitative estimate of drug-likeness (QED) is 0.763. The van der Waals surface area contributed by atoms with Gasteiger partial charge < -0.3 is 26.0 Å². The molecule has 0 bridgehead atoms. The van der Waals surface area contributed by atoms with Gasteiger partial charge in [-0.25, -0.2) is 8.78 Å². The van der Waals surface area contributed by atoms with Crippen molar-refractivity contribution in [2.75, 3.05) is 19.8 Å². The van der Waals surface area contributed by atoms with E-state index in [1.807, 2.05) is 0 Å². The fourth-order valence-electron chi connectivity index (χ4n) is 3.52. The first kappa shape index (κ1) is 16.7. The molecule has 3 rings (SSSR count). The second-order valence-electron chi connectivity index (χ2n) is 6.51. The molecular formula is C16H22F2N2O3. The molecule has 5 N–H and O–H groups in total. The predicted molar refractivity (Wildman–Crippen MR) is 79.6 cm³/mol. The average molecular weight is 328 g/mol. The molecule has 4 atom stereocenters. The molecule has 0 aromatic heterocycles. The minimum atomic E-state index is -1.45. The van der Waals surface area contributed by atoms with Gasteiger partial charge in [0.05, 0.1) is 36.5 Å². The molecule has 2 fully saturated rings. The van der Waals surface area contributed by atoms with Gasteiger partial charge >= 0.3 is 0 Å². The maximum Gasteiger partial charge on any atom is 0.131 e. The van der Waals surface area contributed by atoms with Crippen LogP contribution in [0.5, 0.6) is 0 Å². The van der Waals surface area contributed by atoms with E-state index in [0.717, 1.165) is 25.0 Å². The zero-order chi connectivity index (χ0) is 16.7. The van der Waals surface area contributed by atoms with Gasteiger partial charge in [0.2, 0.25) is 0 Å². The Hall–Kier alpha value is -1.12. The lowest BCUT2D eigenvalue weighted by atomic mass is 9.68. The fraction of sp³-hybridized carbons (Fsp3) is 0.625. The number of benzene rings is 1. The minimum absolute atomic E-state index is 0.0428. The number of hydrogen-bond donors (Lipinski definition) is 3. The molecule has 0 radical (unpaired) electrons. The molecule has 0 aliphatic carbocycles. The molecule has 1 aromatic carbocycles. The predicted octanol–water partition coefficient (Wildman–Crippen LogP) is 0.776. The van der Waals surface area contributed by atoms with Crippen LogP contribution in [0.25, 0.3) is 0 Å². The Bertz CT molecular complexity index is 582. The highest BCUT2D eigenvalue weighted by molar-refractivity contribution is 5.33. The van der Waals surface area contributed by atoms with E-state index < -0.39 is 29.3 Å². The van der Waals surface area contributed by atoms with Crippen molar-refractivity contribution in [3.63, 3.8) is 0 Å². The highest BCUT2D eigenvalue weighted by Crippen LogP contribution is 2.40. The summed E-state index contributed by atoms with van der Waals surface area (Å²) in [6.45, 7) is 0.158. The lowest BCUT2D eigenvalue weighted by Crippen LogP contribution is -2.72. The summed E-state index contributed by atoms with van der Waals surface area (Å²) < 4.78 is 38.8. The molecule has 2 heterocycles. The molecule has 7 heteroatoms. The lowest BCUT2D eigenvalue weighted by molar-refractivity contribution is -0.133. The first-order valence-electron chi connectivity index (χ1n) is 7.77. The summed E-state index contributed by atoms with van der Waals surface area (Å²) in [6, 6.07) is 3.14. The summed E-state index contributed by atoms with van der Waals surface area (Å²) in [5.41, 5.74) is 10.0. The number of aliphatic hydroxyl groups is 1. The zero-order valence-corrected chi connectivity index (χ0v) is 12.8. The van der Waals surface area contributed by atoms with Gasteiger partial charge in [0.15, 0.2) is 0 Å². The zero-order valence-electron chi connectivity index (χ0n) is 12.8. The van der Waals surface area contributed by atoms with Crippen molar-refractivity contribution in [2.45, 2.75) is 42.5 Å². The summed E-state index contributed by atoms with van der Waals surface area (Å²) >= 11 is 0. The highest BCUT2D eigenvalue weighted by Gasteiger charge is 2.54. The number of aliphatic hydroxyl groups excluding tert-OH is 1. The van der Waals surface area contributed by atoms with E-state index in [4.69, 9.17) is 20.9 Å². The Morgan fingerprint density at radius 2 is 2.00 bits per heavy atom. The van der Waals surface area contributed by atoms with Crippen LogP contribution in [0, 0.1) is 11.6 Å². The van der Waals surface area contributed by atoms with Crippen LogP contribution in [0.2, 0.25) is 0 Å². The number of rotatable bonds is 3. The molecule has 0 unspecified atom stereocenters. The minimum Gasteiger partial charge on any atom is -0.394 e. The van der Waals surface area contributed by atoms with Gasteiger partial charge in [-0.1, -0.05) is 6.07 Å². The first-order chi connectivity index (χ1) is 10.9. The summed E-state index contributed by atoms with van der Waals surface area (Å²) in [7, 11) is 0. The summed E-state index contributed by atoms with van der Waals surface area (Å²) in [5, 5.41) is 9.86. The Balaban J connectivity index is 1.92. The van der Waals surface area contributed by atoms with E-state index in [9.17, 15) is 13.9 Å². The summed E-state index contributed by atoms with van der Waals surface area (Å²) in [5.74, 6) is -1.50. The van der Waals surface area contributed by atoms with Gasteiger partial charge in [0.1, 0.15) is 11.6 Å². The van der Waals surface area contributed by atoms with Crippen LogP contribution in [-0.2, 0) is 15.0 Å². The second kappa shape index (κ2) is 6.07. The van der Waals surface area contributed by atoms with Gasteiger partial charge in [-0.05, 0) is 25.3 Å². The largest absolute Gasteiger partial charge is 0.394 e. The van der Waals surface area contributed by atoms with Crippen LogP contribution in [0.4, 0.5) is 8.78 Å². The molecule has 1 aromatic rings. The standard InChI is InChI=1S/C16H22F2N2O3/c17-10-3-4-11(12(18)6-10)16(20)9-23-14(7-15(16,19)8-21)13-2-1-5-22-13/h3-4,6,13-14,21H,1-2,5,7-9,19-20H2/t13-,14+,15+,16+/m0/s1. The summed E-state index contributed by atoms with van der Waals surface area (Å²) in [4.78, 5) is 0. The Labute approximate surface area is 133 Å². The molecule has 2 aliphatic heterocycles. The monoisotopic (exact) mass is 328 g/mol. The van der Waals surface area contributed by atoms with E-state index in [1.54, 1.807) is 0 Å². The SMILES string of the molecule is N[C@@]1(CO)C[C@H]([C@@H]2CCCO2)OC[C@@]1(N)c1ccc(F)cc1F. The van der Waals surface area contributed by atoms with Crippen molar-refractivity contribution in [1.82, 2.24) is 0 Å². The number of ether oxygens (including phenoxy) is 2. The molecule has 23 heavy (non-hydrogen) atoms. The van der Waals surface area contributed by atoms with Crippen molar-refractivity contribution in [3.8, 4) is 0 Å². The van der Waals surface area contributed by atoms with Crippen LogP contribution in [0.3, 0.4) is 0 Å². The Kier molecular flexibility index (Phi) is 4.41. The molecule has 5 nitrogen and oxygen atoms in total. The molecule has 128 valence electrons. The number of hydrogen-bond acceptors (Lipinski definition) is 5. The molecule has 2 saturated heterocycles. The van der Waals surface area contributed by atoms with Crippen molar-refractivity contribution in [1.29, 1.82) is 0 Å². The van der Waals surface area contributed by atoms with E-state index in [-0.39, 0.29) is 30.8 Å². The van der Waals surface area contributed by atoms with Crippen LogP contribution >= 0.6 is 0 Å². The van der Waals surface area contributed by atoms with Crippen molar-refractivity contribution >= 4 is 0 Å². The van der Waals surface area contributed by atoms with Crippen LogP contribution in [-0.4, -0.2) is 42.7 Å². The Morgan fingerprint density at radius 3 is 2.61 bits per heavy atom. The molecular weight excluding hydrogens is 306 g/mol. The van der Waals surface area contributed by atoms with Crippen molar-refractivity contribution in [3.05, 3.63) is 35.4 Å². The molecule has 0 spiro atoms. The van der Waals surface area contributed by atoms with Gasteiger partial charge in [-0.3, -0.25) is 0 Å². The van der Waals surface area contributed by atoms with Crippen LogP contribution < -0.4 is 11.5 Å². The normalized spacial score (nSPS) is 38.0. The third-order valence-corrected chi connectivity index (χ3v) is 5.05. The maximum absolute atomic E-state index is 14.2. The van der Waals surface area contributed by atoms with Gasteiger partial charge in [0, 0.05) is 18.2 Å². The molecule has 0 saturated carbocycles. The maximum atomic E-state index is 14.2. The van der Waals surface area contributed by atoms with Gasteiger partial charge in [-0.15, -0.1) is 0 Å². The second-order valence-corrected chi connectivity index (χ2v) is 6.51. The van der Waals surface area contributed by atoms with Gasteiger partial charge in [0.25, 0.3) is 0 Å². The Morgan fingerprint density at radius 1 is 1.22 bits per heavy atom. The lowest BCUT2D eigenvalue weighted by Gasteiger charge is -2.51. The van der Waals surface area contributed by atoms with E-state index in [1.165, 1.54) is 6.07 Å². The smallest absolute Gasteiger partial charge is 0.131 e. The average Bonchev–Trinajstić information content (AvgIpc) is 3.04. The van der Waals surface area contributed by atoms with Crippen LogP contribution in [0.1, 0.15) is 24.8 Å². The topological polar surface area (TPSA) is 90.7 Å². The number of nitrogens with two attached hydrogens (primary N) is 2.